The molecule has 0 radical (unpaired) electrons. The number of nitrogens with one attached hydrogen (secondary N) is 1. The Hall–Kier alpha value is -3.81. The Morgan fingerprint density at radius 3 is 2.33 bits per heavy atom. The second kappa shape index (κ2) is 11.3. The van der Waals surface area contributed by atoms with Crippen molar-refractivity contribution >= 4 is 17.7 Å². The number of carbonyl (C=O) groups is 3. The molecule has 36 heavy (non-hydrogen) atoms. The first-order chi connectivity index (χ1) is 17.5. The SMILES string of the molecule is CCOC(=O)C1=C(NC2CCCCC2)Oc2ccc(C(=O)c3ccccc3)c(O)c2C1C(=O)OCC. The van der Waals surface area contributed by atoms with Gasteiger partial charge in [0.2, 0.25) is 5.88 Å². The Bertz CT molecular complexity index is 1170. The first-order valence-corrected chi connectivity index (χ1v) is 12.4. The van der Waals surface area contributed by atoms with Crippen LogP contribution in [0.15, 0.2) is 53.9 Å². The van der Waals surface area contributed by atoms with Crippen LogP contribution in [0.25, 0.3) is 0 Å². The summed E-state index contributed by atoms with van der Waals surface area (Å²) in [6, 6.07) is 11.5. The number of hydrogen-bond donors (Lipinski definition) is 2. The number of fused-ring (bicyclic) bond motifs is 1. The van der Waals surface area contributed by atoms with Crippen LogP contribution in [0.4, 0.5) is 0 Å². The van der Waals surface area contributed by atoms with Gasteiger partial charge >= 0.3 is 11.9 Å². The summed E-state index contributed by atoms with van der Waals surface area (Å²) in [6.07, 6.45) is 5.03. The smallest absolute Gasteiger partial charge is 0.340 e. The van der Waals surface area contributed by atoms with Crippen molar-refractivity contribution in [2.24, 2.45) is 0 Å². The number of hydrogen-bond acceptors (Lipinski definition) is 8. The van der Waals surface area contributed by atoms with Crippen LogP contribution >= 0.6 is 0 Å². The molecule has 2 aliphatic rings. The van der Waals surface area contributed by atoms with Crippen molar-refractivity contribution in [2.75, 3.05) is 13.2 Å². The van der Waals surface area contributed by atoms with Gasteiger partial charge in [-0.1, -0.05) is 49.6 Å². The second-order valence-corrected chi connectivity index (χ2v) is 8.80. The number of carbonyl (C=O) groups excluding carboxylic acids is 3. The van der Waals surface area contributed by atoms with Crippen LogP contribution in [-0.2, 0) is 19.1 Å². The molecule has 0 saturated heterocycles. The van der Waals surface area contributed by atoms with Crippen LogP contribution in [0.5, 0.6) is 11.5 Å². The second-order valence-electron chi connectivity index (χ2n) is 8.80. The van der Waals surface area contributed by atoms with Crippen LogP contribution in [0.3, 0.4) is 0 Å². The lowest BCUT2D eigenvalue weighted by Crippen LogP contribution is -2.39. The summed E-state index contributed by atoms with van der Waals surface area (Å²) in [5, 5.41) is 14.6. The van der Waals surface area contributed by atoms with E-state index in [2.05, 4.69) is 5.32 Å². The fourth-order valence-electron chi connectivity index (χ4n) is 4.75. The molecule has 0 aromatic heterocycles. The van der Waals surface area contributed by atoms with Gasteiger partial charge in [-0.25, -0.2) is 4.79 Å². The summed E-state index contributed by atoms with van der Waals surface area (Å²) < 4.78 is 16.7. The summed E-state index contributed by atoms with van der Waals surface area (Å²) in [5.74, 6) is -3.40. The molecule has 2 aromatic rings. The molecule has 8 nitrogen and oxygen atoms in total. The van der Waals surface area contributed by atoms with Crippen LogP contribution in [0.1, 0.15) is 73.4 Å². The molecule has 1 aliphatic carbocycles. The molecule has 1 atom stereocenters. The van der Waals surface area contributed by atoms with Crippen molar-refractivity contribution in [2.45, 2.75) is 57.9 Å². The molecule has 1 heterocycles. The third kappa shape index (κ3) is 5.08. The van der Waals surface area contributed by atoms with E-state index in [1.54, 1.807) is 44.2 Å². The van der Waals surface area contributed by atoms with E-state index in [9.17, 15) is 19.5 Å². The zero-order valence-electron chi connectivity index (χ0n) is 20.5. The maximum absolute atomic E-state index is 13.3. The minimum absolute atomic E-state index is 0.00692. The van der Waals surface area contributed by atoms with Crippen molar-refractivity contribution in [3.05, 3.63) is 70.6 Å². The van der Waals surface area contributed by atoms with E-state index in [-0.39, 0.29) is 47.6 Å². The van der Waals surface area contributed by atoms with Gasteiger partial charge in [0, 0.05) is 11.6 Å². The number of aromatic hydroxyl groups is 1. The molecular weight excluding hydrogens is 462 g/mol. The molecule has 8 heteroatoms. The maximum Gasteiger partial charge on any atom is 0.340 e. The minimum Gasteiger partial charge on any atom is -0.507 e. The Labute approximate surface area is 210 Å². The average Bonchev–Trinajstić information content (AvgIpc) is 2.89. The molecular formula is C28H31NO7. The highest BCUT2D eigenvalue weighted by molar-refractivity contribution is 6.11. The number of esters is 2. The quantitative estimate of drug-likeness (QED) is 0.412. The van der Waals surface area contributed by atoms with Crippen molar-refractivity contribution < 1.29 is 33.7 Å². The predicted molar refractivity (Wildman–Crippen MR) is 132 cm³/mol. The first-order valence-electron chi connectivity index (χ1n) is 12.4. The monoisotopic (exact) mass is 493 g/mol. The zero-order chi connectivity index (χ0) is 25.7. The molecule has 0 bridgehead atoms. The minimum atomic E-state index is -1.33. The third-order valence-electron chi connectivity index (χ3n) is 6.45. The molecule has 190 valence electrons. The molecule has 1 aliphatic heterocycles. The number of phenols is 1. The van der Waals surface area contributed by atoms with Crippen molar-refractivity contribution in [1.82, 2.24) is 5.32 Å². The van der Waals surface area contributed by atoms with E-state index in [1.807, 2.05) is 0 Å². The van der Waals surface area contributed by atoms with Crippen LogP contribution < -0.4 is 10.1 Å². The van der Waals surface area contributed by atoms with Crippen molar-refractivity contribution in [3.63, 3.8) is 0 Å². The van der Waals surface area contributed by atoms with E-state index in [0.717, 1.165) is 32.1 Å². The first kappa shape index (κ1) is 25.3. The summed E-state index contributed by atoms with van der Waals surface area (Å²) >= 11 is 0. The molecule has 4 rings (SSSR count). The van der Waals surface area contributed by atoms with Crippen LogP contribution in [0, 0.1) is 0 Å². The lowest BCUT2D eigenvalue weighted by Gasteiger charge is -2.32. The fraction of sp³-hybridized carbons (Fsp3) is 0.393. The topological polar surface area (TPSA) is 111 Å². The Kier molecular flexibility index (Phi) is 7.93. The number of ether oxygens (including phenoxy) is 3. The van der Waals surface area contributed by atoms with Crippen molar-refractivity contribution in [1.29, 1.82) is 0 Å². The van der Waals surface area contributed by atoms with Gasteiger partial charge < -0.3 is 24.6 Å². The standard InChI is InChI=1S/C28H31NO7/c1-3-34-27(32)22-21-20(16-15-19(25(21)31)24(30)17-11-7-5-8-12-17)36-26(23(22)28(33)35-4-2)29-18-13-9-6-10-14-18/h5,7-8,11-12,15-16,18,22,29,31H,3-4,6,9-10,13-14H2,1-2H3. The number of benzene rings is 2. The molecule has 0 spiro atoms. The average molecular weight is 494 g/mol. The van der Waals surface area contributed by atoms with E-state index in [4.69, 9.17) is 14.2 Å². The van der Waals surface area contributed by atoms with Gasteiger partial charge in [-0.15, -0.1) is 0 Å². The molecule has 2 aromatic carbocycles. The molecule has 0 amide bonds. The number of phenolic OH excluding ortho intramolecular Hbond substituents is 1. The van der Waals surface area contributed by atoms with Gasteiger partial charge in [-0.3, -0.25) is 9.59 Å². The zero-order valence-corrected chi connectivity index (χ0v) is 20.5. The number of ketones is 1. The van der Waals surface area contributed by atoms with E-state index in [1.165, 1.54) is 12.1 Å². The van der Waals surface area contributed by atoms with Gasteiger partial charge in [-0.2, -0.15) is 0 Å². The highest BCUT2D eigenvalue weighted by Crippen LogP contribution is 2.46. The summed E-state index contributed by atoms with van der Waals surface area (Å²) in [5.41, 5.74) is 0.295. The van der Waals surface area contributed by atoms with Crippen LogP contribution in [0.2, 0.25) is 0 Å². The number of rotatable bonds is 8. The Balaban J connectivity index is 1.84. The summed E-state index contributed by atoms with van der Waals surface area (Å²) in [7, 11) is 0. The lowest BCUT2D eigenvalue weighted by atomic mass is 9.85. The predicted octanol–water partition coefficient (Wildman–Crippen LogP) is 4.36. The van der Waals surface area contributed by atoms with Crippen LogP contribution in [-0.4, -0.2) is 42.1 Å². The van der Waals surface area contributed by atoms with Gasteiger partial charge in [0.25, 0.3) is 0 Å². The largest absolute Gasteiger partial charge is 0.507 e. The van der Waals surface area contributed by atoms with E-state index < -0.39 is 29.4 Å². The van der Waals surface area contributed by atoms with Gasteiger partial charge in [-0.05, 0) is 38.8 Å². The van der Waals surface area contributed by atoms with Gasteiger partial charge in [0.1, 0.15) is 23.0 Å². The van der Waals surface area contributed by atoms with Gasteiger partial charge in [0.15, 0.2) is 5.78 Å². The summed E-state index contributed by atoms with van der Waals surface area (Å²) in [6.45, 7) is 3.47. The Morgan fingerprint density at radius 2 is 1.67 bits per heavy atom. The van der Waals surface area contributed by atoms with Crippen molar-refractivity contribution in [3.8, 4) is 11.5 Å². The normalized spacial score (nSPS) is 17.6. The lowest BCUT2D eigenvalue weighted by molar-refractivity contribution is -0.148. The molecule has 1 unspecified atom stereocenters. The van der Waals surface area contributed by atoms with E-state index >= 15 is 0 Å². The van der Waals surface area contributed by atoms with Gasteiger partial charge in [0.05, 0.1) is 24.3 Å². The Morgan fingerprint density at radius 1 is 0.972 bits per heavy atom. The highest BCUT2D eigenvalue weighted by atomic mass is 16.5. The summed E-state index contributed by atoms with van der Waals surface area (Å²) in [4.78, 5) is 39.6. The highest BCUT2D eigenvalue weighted by Gasteiger charge is 2.44. The molecule has 1 fully saturated rings. The van der Waals surface area contributed by atoms with E-state index in [0.29, 0.717) is 5.56 Å². The maximum atomic E-state index is 13.3. The fourth-order valence-corrected chi connectivity index (χ4v) is 4.75. The molecule has 2 N–H and O–H groups in total. The third-order valence-corrected chi connectivity index (χ3v) is 6.45. The molecule has 1 saturated carbocycles.